The van der Waals surface area contributed by atoms with Crippen LogP contribution in [0.3, 0.4) is 0 Å². The zero-order chi connectivity index (χ0) is 68.9. The predicted molar refractivity (Wildman–Crippen MR) is 377 cm³/mol. The van der Waals surface area contributed by atoms with Gasteiger partial charge in [0.2, 0.25) is 0 Å². The second kappa shape index (κ2) is 63.5. The van der Waals surface area contributed by atoms with E-state index in [0.717, 1.165) is 114 Å². The Labute approximate surface area is 568 Å². The average molecular weight is 1370 g/mol. The highest BCUT2D eigenvalue weighted by molar-refractivity contribution is 7.47. The average Bonchev–Trinajstić information content (AvgIpc) is 2.41. The minimum Gasteiger partial charge on any atom is -0.462 e. The van der Waals surface area contributed by atoms with Crippen molar-refractivity contribution in [3.63, 3.8) is 0 Å². The second-order valence-electron chi connectivity index (χ2n) is 28.1. The molecule has 0 fully saturated rings. The van der Waals surface area contributed by atoms with Gasteiger partial charge < -0.3 is 33.8 Å². The molecule has 3 N–H and O–H groups in total. The van der Waals surface area contributed by atoms with Crippen LogP contribution < -0.4 is 0 Å². The van der Waals surface area contributed by atoms with Crippen LogP contribution in [-0.2, 0) is 65.4 Å². The summed E-state index contributed by atoms with van der Waals surface area (Å²) in [6, 6.07) is 0. The van der Waals surface area contributed by atoms with Crippen molar-refractivity contribution in [1.82, 2.24) is 0 Å². The summed E-state index contributed by atoms with van der Waals surface area (Å²) >= 11 is 0. The zero-order valence-corrected chi connectivity index (χ0v) is 62.7. The molecule has 19 heteroatoms. The lowest BCUT2D eigenvalue weighted by atomic mass is 9.99. The molecular weight excluding hydrogens is 1220 g/mol. The summed E-state index contributed by atoms with van der Waals surface area (Å²) in [7, 11) is -9.91. The third-order valence-electron chi connectivity index (χ3n) is 17.8. The number of aliphatic hydroxyl groups excluding tert-OH is 1. The molecule has 552 valence electrons. The molecule has 0 aromatic rings. The van der Waals surface area contributed by atoms with E-state index in [1.807, 2.05) is 0 Å². The van der Waals surface area contributed by atoms with Crippen LogP contribution in [0.4, 0.5) is 0 Å². The third kappa shape index (κ3) is 65.8. The maximum absolute atomic E-state index is 13.1. The monoisotopic (exact) mass is 1370 g/mol. The van der Waals surface area contributed by atoms with Gasteiger partial charge in [-0.3, -0.25) is 37.3 Å². The summed E-state index contributed by atoms with van der Waals surface area (Å²) in [5.41, 5.74) is 0. The Balaban J connectivity index is 5.28. The molecule has 0 saturated heterocycles. The van der Waals surface area contributed by atoms with E-state index in [2.05, 4.69) is 55.4 Å². The number of unbranched alkanes of at least 4 members (excludes halogenated alkanes) is 35. The largest absolute Gasteiger partial charge is 0.472 e. The molecule has 0 rings (SSSR count). The minimum absolute atomic E-state index is 0.105. The number of phosphoric acid groups is 2. The van der Waals surface area contributed by atoms with Gasteiger partial charge in [-0.25, -0.2) is 9.13 Å². The highest BCUT2D eigenvalue weighted by Gasteiger charge is 2.30. The van der Waals surface area contributed by atoms with Gasteiger partial charge in [-0.2, -0.15) is 0 Å². The standard InChI is InChI=1S/C74H144O17P2/c1-9-66(7)52-44-36-28-20-12-15-22-30-38-46-54-71(76)84-60-69(91-74(79)57-49-41-33-24-16-13-21-29-37-45-53-67(8)10-2)62-88-92(80,81)86-58-68(75)59-87-93(82,83)89-63-70(61-85-72(77)55-47-39-31-25-17-19-27-35-43-51-65(5)6)90-73(78)56-48-40-32-23-14-11-18-26-34-42-50-64(3)4/h64-70,75H,9-63H2,1-8H3,(H,80,81)(H,82,83)/t66?,67?,68-,69-,70-/m1/s1. The van der Waals surface area contributed by atoms with Gasteiger partial charge >= 0.3 is 39.5 Å². The van der Waals surface area contributed by atoms with Crippen LogP contribution in [0.5, 0.6) is 0 Å². The lowest BCUT2D eigenvalue weighted by molar-refractivity contribution is -0.161. The van der Waals surface area contributed by atoms with Gasteiger partial charge in [-0.15, -0.1) is 0 Å². The quantitative estimate of drug-likeness (QED) is 0.0222. The third-order valence-corrected chi connectivity index (χ3v) is 19.7. The molecule has 0 amide bonds. The number of hydrogen-bond donors (Lipinski definition) is 3. The van der Waals surface area contributed by atoms with E-state index in [1.54, 1.807) is 0 Å². The highest BCUT2D eigenvalue weighted by Crippen LogP contribution is 2.45. The maximum Gasteiger partial charge on any atom is 0.472 e. The van der Waals surface area contributed by atoms with Crippen molar-refractivity contribution in [2.24, 2.45) is 23.7 Å². The zero-order valence-electron chi connectivity index (χ0n) is 60.9. The SMILES string of the molecule is CCC(C)CCCCCCCCCCCCC(=O)OC[C@H](COP(=O)(O)OC[C@@H](O)COP(=O)(O)OC[C@@H](COC(=O)CCCCCCCCCCCC(C)C)OC(=O)CCCCCCCCCCCCC(C)C)OC(=O)CCCCCCCCCCCCC(C)CC. The first-order valence-electron chi connectivity index (χ1n) is 38.3. The van der Waals surface area contributed by atoms with E-state index >= 15 is 0 Å². The fourth-order valence-corrected chi connectivity index (χ4v) is 12.7. The summed E-state index contributed by atoms with van der Waals surface area (Å²) < 4.78 is 68.5. The number of carbonyl (C=O) groups is 4. The lowest BCUT2D eigenvalue weighted by Gasteiger charge is -2.21. The van der Waals surface area contributed by atoms with E-state index in [9.17, 15) is 43.2 Å². The Morgan fingerprint density at radius 3 is 0.763 bits per heavy atom. The molecule has 0 aliphatic rings. The van der Waals surface area contributed by atoms with Crippen LogP contribution >= 0.6 is 15.6 Å². The molecule has 0 spiro atoms. The summed E-state index contributed by atoms with van der Waals surface area (Å²) in [5.74, 6) is 0.985. The normalized spacial score (nSPS) is 14.8. The van der Waals surface area contributed by atoms with E-state index in [4.69, 9.17) is 37.0 Å². The van der Waals surface area contributed by atoms with Gasteiger partial charge in [0.15, 0.2) is 12.2 Å². The summed E-state index contributed by atoms with van der Waals surface area (Å²) in [5, 5.41) is 10.6. The molecule has 4 unspecified atom stereocenters. The minimum atomic E-state index is -4.96. The highest BCUT2D eigenvalue weighted by atomic mass is 31.2. The maximum atomic E-state index is 13.1. The molecular formula is C74H144O17P2. The van der Waals surface area contributed by atoms with E-state index < -0.39 is 97.5 Å². The lowest BCUT2D eigenvalue weighted by Crippen LogP contribution is -2.30. The van der Waals surface area contributed by atoms with Gasteiger partial charge in [-0.1, -0.05) is 319 Å². The molecule has 0 saturated carbocycles. The van der Waals surface area contributed by atoms with E-state index in [-0.39, 0.29) is 25.7 Å². The molecule has 0 radical (unpaired) electrons. The number of carbonyl (C=O) groups excluding carboxylic acids is 4. The fourth-order valence-electron chi connectivity index (χ4n) is 11.1. The molecule has 0 aromatic carbocycles. The molecule has 17 nitrogen and oxygen atoms in total. The van der Waals surface area contributed by atoms with Crippen LogP contribution in [0, 0.1) is 23.7 Å². The number of rotatable bonds is 71. The van der Waals surface area contributed by atoms with Crippen molar-refractivity contribution in [3.05, 3.63) is 0 Å². The van der Waals surface area contributed by atoms with Gasteiger partial charge in [0.25, 0.3) is 0 Å². The number of phosphoric ester groups is 2. The fraction of sp³-hybridized carbons (Fsp3) is 0.946. The van der Waals surface area contributed by atoms with E-state index in [0.29, 0.717) is 25.7 Å². The Bertz CT molecular complexity index is 1840. The van der Waals surface area contributed by atoms with Crippen molar-refractivity contribution < 1.29 is 80.2 Å². The number of esters is 4. The van der Waals surface area contributed by atoms with Crippen LogP contribution in [0.15, 0.2) is 0 Å². The molecule has 0 aliphatic carbocycles. The van der Waals surface area contributed by atoms with Crippen LogP contribution in [0.25, 0.3) is 0 Å². The number of aliphatic hydroxyl groups is 1. The van der Waals surface area contributed by atoms with Crippen LogP contribution in [0.1, 0.15) is 370 Å². The van der Waals surface area contributed by atoms with Crippen molar-refractivity contribution in [2.75, 3.05) is 39.6 Å². The Kier molecular flexibility index (Phi) is 62.2. The molecule has 7 atom stereocenters. The summed E-state index contributed by atoms with van der Waals surface area (Å²) in [6.07, 6.45) is 47.0. The Hall–Kier alpha value is -1.94. The first-order chi connectivity index (χ1) is 44.7. The van der Waals surface area contributed by atoms with Crippen molar-refractivity contribution in [2.45, 2.75) is 388 Å². The number of hydrogen-bond acceptors (Lipinski definition) is 15. The molecule has 0 aromatic heterocycles. The molecule has 0 heterocycles. The van der Waals surface area contributed by atoms with Crippen molar-refractivity contribution in [1.29, 1.82) is 0 Å². The van der Waals surface area contributed by atoms with Gasteiger partial charge in [0.1, 0.15) is 19.3 Å². The molecule has 0 aliphatic heterocycles. The van der Waals surface area contributed by atoms with Gasteiger partial charge in [0, 0.05) is 25.7 Å². The Morgan fingerprint density at radius 2 is 0.516 bits per heavy atom. The Morgan fingerprint density at radius 1 is 0.301 bits per heavy atom. The predicted octanol–water partition coefficient (Wildman–Crippen LogP) is 21.3. The molecule has 0 bridgehead atoms. The van der Waals surface area contributed by atoms with Gasteiger partial charge in [-0.05, 0) is 49.4 Å². The summed E-state index contributed by atoms with van der Waals surface area (Å²) in [4.78, 5) is 72.8. The van der Waals surface area contributed by atoms with Crippen LogP contribution in [0.2, 0.25) is 0 Å². The first-order valence-corrected chi connectivity index (χ1v) is 41.3. The van der Waals surface area contributed by atoms with Gasteiger partial charge in [0.05, 0.1) is 26.4 Å². The molecule has 93 heavy (non-hydrogen) atoms. The van der Waals surface area contributed by atoms with Crippen LogP contribution in [-0.4, -0.2) is 96.7 Å². The second-order valence-corrected chi connectivity index (χ2v) is 31.0. The number of ether oxygens (including phenoxy) is 4. The smallest absolute Gasteiger partial charge is 0.462 e. The van der Waals surface area contributed by atoms with E-state index in [1.165, 1.54) is 173 Å². The topological polar surface area (TPSA) is 237 Å². The van der Waals surface area contributed by atoms with Crippen molar-refractivity contribution in [3.8, 4) is 0 Å². The van der Waals surface area contributed by atoms with Crippen molar-refractivity contribution >= 4 is 39.5 Å². The first kappa shape index (κ1) is 91.1. The summed E-state index contributed by atoms with van der Waals surface area (Å²) in [6.45, 7) is 14.2.